The number of carbonyl (C=O) groups is 1. The van der Waals surface area contributed by atoms with E-state index in [9.17, 15) is 14.4 Å². The average molecular weight is 354 g/mol. The Bertz CT molecular complexity index is 1110. The number of nitrogens with zero attached hydrogens (tertiary/aromatic N) is 3. The van der Waals surface area contributed by atoms with Crippen molar-refractivity contribution in [1.82, 2.24) is 14.1 Å². The number of rotatable bonds is 4. The lowest BCUT2D eigenvalue weighted by Crippen LogP contribution is -2.37. The van der Waals surface area contributed by atoms with Crippen LogP contribution in [-0.4, -0.2) is 26.6 Å². The third-order valence-corrected chi connectivity index (χ3v) is 3.98. The van der Waals surface area contributed by atoms with Crippen LogP contribution in [-0.2, 0) is 14.1 Å². The molecule has 0 atom stereocenters. The molecule has 0 aliphatic carbocycles. The molecule has 2 heterocycles. The summed E-state index contributed by atoms with van der Waals surface area (Å²) in [6, 6.07) is 8.39. The maximum absolute atomic E-state index is 12.6. The number of anilines is 1. The van der Waals surface area contributed by atoms with Gasteiger partial charge in [0, 0.05) is 14.1 Å². The number of ether oxygens (including phenoxy) is 1. The molecule has 0 unspecified atom stereocenters. The third-order valence-electron chi connectivity index (χ3n) is 3.98. The van der Waals surface area contributed by atoms with Gasteiger partial charge in [-0.1, -0.05) is 12.1 Å². The normalized spacial score (nSPS) is 10.7. The smallest absolute Gasteiger partial charge is 0.332 e. The number of hydrogen-bond acceptors (Lipinski definition) is 5. The van der Waals surface area contributed by atoms with Gasteiger partial charge in [0.25, 0.3) is 11.5 Å². The van der Waals surface area contributed by atoms with Gasteiger partial charge in [0.2, 0.25) is 0 Å². The average Bonchev–Trinajstić information content (AvgIpc) is 2.65. The highest BCUT2D eigenvalue weighted by Gasteiger charge is 2.14. The molecule has 3 rings (SSSR count). The molecule has 0 bridgehead atoms. The van der Waals surface area contributed by atoms with Crippen molar-refractivity contribution < 1.29 is 9.53 Å². The predicted octanol–water partition coefficient (Wildman–Crippen LogP) is 1.28. The Hall–Kier alpha value is -3.42. The molecule has 134 valence electrons. The first-order valence-electron chi connectivity index (χ1n) is 8.03. The van der Waals surface area contributed by atoms with E-state index in [0.29, 0.717) is 23.6 Å². The van der Waals surface area contributed by atoms with Gasteiger partial charge < -0.3 is 10.1 Å². The minimum atomic E-state index is -0.471. The highest BCUT2D eigenvalue weighted by Crippen LogP contribution is 2.20. The molecule has 1 amide bonds. The van der Waals surface area contributed by atoms with E-state index in [2.05, 4.69) is 10.3 Å². The molecule has 0 saturated heterocycles. The quantitative estimate of drug-likeness (QED) is 0.762. The van der Waals surface area contributed by atoms with Crippen molar-refractivity contribution in [1.29, 1.82) is 0 Å². The lowest BCUT2D eigenvalue weighted by atomic mass is 10.2. The summed E-state index contributed by atoms with van der Waals surface area (Å²) in [5.74, 6) is 0.0939. The minimum absolute atomic E-state index is 0.241. The van der Waals surface area contributed by atoms with Gasteiger partial charge in [0.15, 0.2) is 0 Å². The van der Waals surface area contributed by atoms with Crippen molar-refractivity contribution in [3.8, 4) is 5.75 Å². The lowest BCUT2D eigenvalue weighted by molar-refractivity contribution is 0.102. The van der Waals surface area contributed by atoms with E-state index in [1.807, 2.05) is 6.92 Å². The van der Waals surface area contributed by atoms with Gasteiger partial charge >= 0.3 is 5.69 Å². The molecular weight excluding hydrogens is 336 g/mol. The number of hydrogen-bond donors (Lipinski definition) is 1. The van der Waals surface area contributed by atoms with Crippen LogP contribution in [0.1, 0.15) is 17.3 Å². The summed E-state index contributed by atoms with van der Waals surface area (Å²) in [5.41, 5.74) is 0.0528. The van der Waals surface area contributed by atoms with Gasteiger partial charge in [0.1, 0.15) is 11.4 Å². The maximum atomic E-state index is 12.6. The molecule has 0 spiro atoms. The zero-order valence-electron chi connectivity index (χ0n) is 14.6. The number of nitrogens with one attached hydrogen (secondary N) is 1. The van der Waals surface area contributed by atoms with Crippen molar-refractivity contribution in [2.75, 3.05) is 11.9 Å². The second kappa shape index (κ2) is 6.83. The monoisotopic (exact) mass is 354 g/mol. The molecule has 0 fully saturated rings. The van der Waals surface area contributed by atoms with Gasteiger partial charge in [-0.05, 0) is 25.1 Å². The summed E-state index contributed by atoms with van der Waals surface area (Å²) in [6.07, 6.45) is 1.41. The van der Waals surface area contributed by atoms with Crippen LogP contribution in [0.5, 0.6) is 5.75 Å². The first kappa shape index (κ1) is 17.4. The van der Waals surface area contributed by atoms with E-state index in [4.69, 9.17) is 4.74 Å². The Morgan fingerprint density at radius 3 is 2.65 bits per heavy atom. The fourth-order valence-electron chi connectivity index (χ4n) is 2.67. The van der Waals surface area contributed by atoms with Crippen LogP contribution >= 0.6 is 0 Å². The number of para-hydroxylation sites is 1. The molecule has 26 heavy (non-hydrogen) atoms. The number of carbonyl (C=O) groups excluding carboxylic acids is 1. The Morgan fingerprint density at radius 1 is 1.19 bits per heavy atom. The van der Waals surface area contributed by atoms with E-state index in [1.54, 1.807) is 24.3 Å². The zero-order valence-corrected chi connectivity index (χ0v) is 14.6. The second-order valence-corrected chi connectivity index (χ2v) is 5.68. The van der Waals surface area contributed by atoms with Crippen molar-refractivity contribution in [3.63, 3.8) is 0 Å². The largest absolute Gasteiger partial charge is 0.493 e. The van der Waals surface area contributed by atoms with Crippen LogP contribution in [0.3, 0.4) is 0 Å². The first-order valence-corrected chi connectivity index (χ1v) is 8.03. The number of aryl methyl sites for hydroxylation is 1. The molecule has 8 heteroatoms. The van der Waals surface area contributed by atoms with E-state index in [-0.39, 0.29) is 16.9 Å². The van der Waals surface area contributed by atoms with Crippen LogP contribution in [0.25, 0.3) is 11.0 Å². The summed E-state index contributed by atoms with van der Waals surface area (Å²) < 4.78 is 7.75. The fourth-order valence-corrected chi connectivity index (χ4v) is 2.67. The molecule has 0 radical (unpaired) electrons. The minimum Gasteiger partial charge on any atom is -0.493 e. The van der Waals surface area contributed by atoms with Crippen molar-refractivity contribution in [2.45, 2.75) is 6.92 Å². The fraction of sp³-hybridized carbons (Fsp3) is 0.222. The molecule has 1 N–H and O–H groups in total. The van der Waals surface area contributed by atoms with Crippen molar-refractivity contribution in [2.24, 2.45) is 14.1 Å². The Balaban J connectivity index is 2.01. The summed E-state index contributed by atoms with van der Waals surface area (Å²) >= 11 is 0. The van der Waals surface area contributed by atoms with Crippen molar-refractivity contribution >= 4 is 22.6 Å². The third kappa shape index (κ3) is 2.97. The zero-order chi connectivity index (χ0) is 18.8. The number of fused-ring (bicyclic) bond motifs is 1. The second-order valence-electron chi connectivity index (χ2n) is 5.68. The molecule has 8 nitrogen and oxygen atoms in total. The summed E-state index contributed by atoms with van der Waals surface area (Å²) in [6.45, 7) is 2.27. The number of benzene rings is 1. The van der Waals surface area contributed by atoms with Gasteiger partial charge in [-0.15, -0.1) is 0 Å². The summed E-state index contributed by atoms with van der Waals surface area (Å²) in [5, 5.41) is 2.95. The van der Waals surface area contributed by atoms with Gasteiger partial charge in [0.05, 0.1) is 29.4 Å². The number of amides is 1. The van der Waals surface area contributed by atoms with Crippen LogP contribution in [0.4, 0.5) is 5.69 Å². The van der Waals surface area contributed by atoms with E-state index >= 15 is 0 Å². The highest BCUT2D eigenvalue weighted by atomic mass is 16.5. The van der Waals surface area contributed by atoms with Gasteiger partial charge in [-0.2, -0.15) is 0 Å². The molecule has 0 aliphatic rings. The topological polar surface area (TPSA) is 95.2 Å². The molecular formula is C18H18N4O4. The number of pyridine rings is 1. The molecule has 0 aliphatic heterocycles. The van der Waals surface area contributed by atoms with Gasteiger partial charge in [-0.3, -0.25) is 18.7 Å². The van der Waals surface area contributed by atoms with Crippen LogP contribution < -0.4 is 21.3 Å². The summed E-state index contributed by atoms with van der Waals surface area (Å²) in [7, 11) is 2.93. The SMILES string of the molecule is CCOc1ccccc1C(=O)Nc1cnc2c(c1)c(=O)n(C)c(=O)n2C. The van der Waals surface area contributed by atoms with E-state index in [1.165, 1.54) is 30.9 Å². The van der Waals surface area contributed by atoms with E-state index < -0.39 is 11.2 Å². The molecule has 2 aromatic heterocycles. The highest BCUT2D eigenvalue weighted by molar-refractivity contribution is 6.06. The summed E-state index contributed by atoms with van der Waals surface area (Å²) in [4.78, 5) is 41.0. The molecule has 3 aromatic rings. The predicted molar refractivity (Wildman–Crippen MR) is 97.8 cm³/mol. The number of aromatic nitrogens is 3. The Kier molecular flexibility index (Phi) is 4.57. The first-order chi connectivity index (χ1) is 12.4. The van der Waals surface area contributed by atoms with Crippen LogP contribution in [0.15, 0.2) is 46.1 Å². The van der Waals surface area contributed by atoms with Crippen LogP contribution in [0.2, 0.25) is 0 Å². The van der Waals surface area contributed by atoms with Gasteiger partial charge in [-0.25, -0.2) is 9.78 Å². The maximum Gasteiger partial charge on any atom is 0.332 e. The molecule has 0 saturated carbocycles. The Morgan fingerprint density at radius 2 is 1.92 bits per heavy atom. The van der Waals surface area contributed by atoms with E-state index in [0.717, 1.165) is 4.57 Å². The van der Waals surface area contributed by atoms with Crippen LogP contribution in [0, 0.1) is 0 Å². The van der Waals surface area contributed by atoms with Crippen molar-refractivity contribution in [3.05, 3.63) is 62.9 Å². The lowest BCUT2D eigenvalue weighted by Gasteiger charge is -2.11. The molecule has 1 aromatic carbocycles. The standard InChI is InChI=1S/C18H18N4O4/c1-4-26-14-8-6-5-7-12(14)16(23)20-11-9-13-15(19-10-11)21(2)18(25)22(3)17(13)24/h5-10H,4H2,1-3H3,(H,20,23). The Labute approximate surface area is 148 Å².